The van der Waals surface area contributed by atoms with Gasteiger partial charge in [0.05, 0.1) is 12.5 Å². The molecule has 2 N–H and O–H groups in total. The van der Waals surface area contributed by atoms with E-state index in [4.69, 9.17) is 4.74 Å². The number of nitrogens with one attached hydrogen (secondary N) is 2. The number of amides is 3. The molecule has 1 aliphatic rings. The number of ether oxygens (including phenoxy) is 1. The molecule has 0 bridgehead atoms. The molecule has 144 valence electrons. The highest BCUT2D eigenvalue weighted by molar-refractivity contribution is 5.80. The number of carbonyl (C=O) groups excluding carboxylic acids is 2. The zero-order valence-corrected chi connectivity index (χ0v) is 16.3. The molecule has 3 amide bonds. The predicted molar refractivity (Wildman–Crippen MR) is 102 cm³/mol. The predicted octanol–water partition coefficient (Wildman–Crippen LogP) is 2.53. The van der Waals surface area contributed by atoms with E-state index in [1.54, 1.807) is 11.9 Å². The minimum atomic E-state index is -0.134. The molecule has 1 unspecified atom stereocenters. The SMILES string of the molecule is CNC(=O)C1CCCN(C(=O)NCCOc2ccc(C(C)(C)C)cc2)C1. The average Bonchev–Trinajstić information content (AvgIpc) is 2.64. The van der Waals surface area contributed by atoms with Gasteiger partial charge in [0.2, 0.25) is 5.91 Å². The van der Waals surface area contributed by atoms with Gasteiger partial charge in [-0.25, -0.2) is 4.79 Å². The topological polar surface area (TPSA) is 70.7 Å². The molecule has 0 aromatic heterocycles. The molecule has 1 heterocycles. The van der Waals surface area contributed by atoms with Crippen molar-refractivity contribution in [3.63, 3.8) is 0 Å². The minimum absolute atomic E-state index is 0.00420. The van der Waals surface area contributed by atoms with Gasteiger partial charge in [-0.2, -0.15) is 0 Å². The molecule has 2 rings (SSSR count). The van der Waals surface area contributed by atoms with E-state index in [1.807, 2.05) is 12.1 Å². The maximum absolute atomic E-state index is 12.2. The summed E-state index contributed by atoms with van der Waals surface area (Å²) in [4.78, 5) is 25.7. The van der Waals surface area contributed by atoms with E-state index in [1.165, 1.54) is 5.56 Å². The van der Waals surface area contributed by atoms with Crippen LogP contribution < -0.4 is 15.4 Å². The Kier molecular flexibility index (Phi) is 6.89. The van der Waals surface area contributed by atoms with Crippen LogP contribution >= 0.6 is 0 Å². The van der Waals surface area contributed by atoms with Crippen LogP contribution in [0.5, 0.6) is 5.75 Å². The van der Waals surface area contributed by atoms with Crippen molar-refractivity contribution >= 4 is 11.9 Å². The van der Waals surface area contributed by atoms with Crippen LogP contribution in [0.1, 0.15) is 39.2 Å². The largest absolute Gasteiger partial charge is 0.492 e. The molecule has 6 heteroatoms. The highest BCUT2D eigenvalue weighted by atomic mass is 16.5. The number of benzene rings is 1. The van der Waals surface area contributed by atoms with Crippen LogP contribution in [-0.2, 0) is 10.2 Å². The molecule has 1 fully saturated rings. The lowest BCUT2D eigenvalue weighted by Crippen LogP contribution is -2.49. The highest BCUT2D eigenvalue weighted by Gasteiger charge is 2.27. The van der Waals surface area contributed by atoms with Crippen molar-refractivity contribution in [2.75, 3.05) is 33.3 Å². The number of hydrogen-bond donors (Lipinski definition) is 2. The first-order chi connectivity index (χ1) is 12.3. The van der Waals surface area contributed by atoms with Crippen molar-refractivity contribution < 1.29 is 14.3 Å². The minimum Gasteiger partial charge on any atom is -0.492 e. The van der Waals surface area contributed by atoms with Crippen molar-refractivity contribution in [3.05, 3.63) is 29.8 Å². The van der Waals surface area contributed by atoms with Gasteiger partial charge in [-0.3, -0.25) is 4.79 Å². The summed E-state index contributed by atoms with van der Waals surface area (Å²) >= 11 is 0. The summed E-state index contributed by atoms with van der Waals surface area (Å²) in [6, 6.07) is 7.92. The molecule has 1 aromatic carbocycles. The number of rotatable bonds is 5. The van der Waals surface area contributed by atoms with E-state index in [0.29, 0.717) is 26.2 Å². The zero-order valence-electron chi connectivity index (χ0n) is 16.3. The number of carbonyl (C=O) groups is 2. The van der Waals surface area contributed by atoms with Gasteiger partial charge in [0.25, 0.3) is 0 Å². The molecule has 1 atom stereocenters. The molecular formula is C20H31N3O3. The van der Waals surface area contributed by atoms with Crippen LogP contribution in [0.15, 0.2) is 24.3 Å². The van der Waals surface area contributed by atoms with Crippen LogP contribution in [0.2, 0.25) is 0 Å². The lowest BCUT2D eigenvalue weighted by molar-refractivity contribution is -0.125. The first kappa shape index (κ1) is 20.1. The molecule has 1 aliphatic heterocycles. The van der Waals surface area contributed by atoms with E-state index in [2.05, 4.69) is 43.5 Å². The fraction of sp³-hybridized carbons (Fsp3) is 0.600. The summed E-state index contributed by atoms with van der Waals surface area (Å²) in [7, 11) is 1.63. The van der Waals surface area contributed by atoms with Crippen LogP contribution in [0.4, 0.5) is 4.79 Å². The number of likely N-dealkylation sites (tertiary alicyclic amines) is 1. The van der Waals surface area contributed by atoms with E-state index in [0.717, 1.165) is 18.6 Å². The molecule has 26 heavy (non-hydrogen) atoms. The third-order valence-electron chi connectivity index (χ3n) is 4.69. The van der Waals surface area contributed by atoms with Crippen LogP contribution in [-0.4, -0.2) is 50.1 Å². The fourth-order valence-corrected chi connectivity index (χ4v) is 3.07. The fourth-order valence-electron chi connectivity index (χ4n) is 3.07. The molecule has 0 radical (unpaired) electrons. The van der Waals surface area contributed by atoms with Crippen LogP contribution in [0.3, 0.4) is 0 Å². The van der Waals surface area contributed by atoms with Gasteiger partial charge >= 0.3 is 6.03 Å². The quantitative estimate of drug-likeness (QED) is 0.792. The Morgan fingerprint density at radius 2 is 1.92 bits per heavy atom. The first-order valence-electron chi connectivity index (χ1n) is 9.29. The highest BCUT2D eigenvalue weighted by Crippen LogP contribution is 2.24. The van der Waals surface area contributed by atoms with Gasteiger partial charge in [-0.05, 0) is 36.0 Å². The van der Waals surface area contributed by atoms with Crippen molar-refractivity contribution in [1.29, 1.82) is 0 Å². The maximum Gasteiger partial charge on any atom is 0.317 e. The van der Waals surface area contributed by atoms with Gasteiger partial charge in [-0.1, -0.05) is 32.9 Å². The van der Waals surface area contributed by atoms with Crippen LogP contribution in [0, 0.1) is 5.92 Å². The third kappa shape index (κ3) is 5.64. The average molecular weight is 361 g/mol. The Morgan fingerprint density at radius 3 is 2.54 bits per heavy atom. The number of piperidine rings is 1. The zero-order chi connectivity index (χ0) is 19.2. The summed E-state index contributed by atoms with van der Waals surface area (Å²) in [5.41, 5.74) is 1.38. The second-order valence-electron chi connectivity index (χ2n) is 7.75. The van der Waals surface area contributed by atoms with Gasteiger partial charge < -0.3 is 20.3 Å². The molecular weight excluding hydrogens is 330 g/mol. The Hall–Kier alpha value is -2.24. The molecule has 0 spiro atoms. The maximum atomic E-state index is 12.2. The summed E-state index contributed by atoms with van der Waals surface area (Å²) in [6.45, 7) is 8.53. The summed E-state index contributed by atoms with van der Waals surface area (Å²) in [5, 5.41) is 5.53. The van der Waals surface area contributed by atoms with Crippen LogP contribution in [0.25, 0.3) is 0 Å². The van der Waals surface area contributed by atoms with E-state index in [-0.39, 0.29) is 23.3 Å². The monoisotopic (exact) mass is 361 g/mol. The number of nitrogens with zero attached hydrogens (tertiary/aromatic N) is 1. The lowest BCUT2D eigenvalue weighted by atomic mass is 9.87. The van der Waals surface area contributed by atoms with Crippen molar-refractivity contribution in [3.8, 4) is 5.75 Å². The van der Waals surface area contributed by atoms with Gasteiger partial charge in [0.1, 0.15) is 12.4 Å². The number of urea groups is 1. The summed E-state index contributed by atoms with van der Waals surface area (Å²) < 4.78 is 5.69. The molecule has 0 aliphatic carbocycles. The molecule has 0 saturated carbocycles. The molecule has 1 saturated heterocycles. The second kappa shape index (κ2) is 8.92. The molecule has 1 aromatic rings. The number of hydrogen-bond acceptors (Lipinski definition) is 3. The first-order valence-corrected chi connectivity index (χ1v) is 9.29. The van der Waals surface area contributed by atoms with E-state index in [9.17, 15) is 9.59 Å². The Balaban J connectivity index is 1.72. The normalized spacial score (nSPS) is 17.5. The van der Waals surface area contributed by atoms with E-state index < -0.39 is 0 Å². The van der Waals surface area contributed by atoms with Gasteiger partial charge in [0, 0.05) is 20.1 Å². The summed E-state index contributed by atoms with van der Waals surface area (Å²) in [6.07, 6.45) is 1.68. The molecule has 6 nitrogen and oxygen atoms in total. The van der Waals surface area contributed by atoms with Gasteiger partial charge in [0.15, 0.2) is 0 Å². The Labute approximate surface area is 156 Å². The van der Waals surface area contributed by atoms with Crippen molar-refractivity contribution in [1.82, 2.24) is 15.5 Å². The second-order valence-corrected chi connectivity index (χ2v) is 7.75. The smallest absolute Gasteiger partial charge is 0.317 e. The lowest BCUT2D eigenvalue weighted by Gasteiger charge is -2.31. The Morgan fingerprint density at radius 1 is 1.23 bits per heavy atom. The third-order valence-corrected chi connectivity index (χ3v) is 4.69. The van der Waals surface area contributed by atoms with E-state index >= 15 is 0 Å². The van der Waals surface area contributed by atoms with Crippen molar-refractivity contribution in [2.45, 2.75) is 39.0 Å². The Bertz CT molecular complexity index is 608. The van der Waals surface area contributed by atoms with Crippen molar-refractivity contribution in [2.24, 2.45) is 5.92 Å². The summed E-state index contributed by atoms with van der Waals surface area (Å²) in [5.74, 6) is 0.687. The standard InChI is InChI=1S/C20H31N3O3/c1-20(2,3)16-7-9-17(10-8-16)26-13-11-22-19(25)23-12-5-6-15(14-23)18(24)21-4/h7-10,15H,5-6,11-14H2,1-4H3,(H,21,24)(H,22,25). The van der Waals surface area contributed by atoms with Gasteiger partial charge in [-0.15, -0.1) is 0 Å².